The third kappa shape index (κ3) is 3.74. The fraction of sp³-hybridized carbons (Fsp3) is 0.222. The number of nitrogens with zero attached hydrogens (tertiary/aromatic N) is 1. The summed E-state index contributed by atoms with van der Waals surface area (Å²) in [6.07, 6.45) is -5.33. The predicted molar refractivity (Wildman–Crippen MR) is 94.2 cm³/mol. The number of rotatable bonds is 4. The SMILES string of the molecule is CC1N=c2ccc(F)c(S(=O)(=O)c3ccc(C(F)(F)F)cc3Cl)c2=C1CC(=O)O. The van der Waals surface area contributed by atoms with Crippen molar-refractivity contribution in [3.63, 3.8) is 0 Å². The van der Waals surface area contributed by atoms with Crippen LogP contribution in [0.5, 0.6) is 0 Å². The Hall–Kier alpha value is -2.46. The molecule has 0 saturated carbocycles. The van der Waals surface area contributed by atoms with Crippen LogP contribution in [-0.2, 0) is 20.8 Å². The van der Waals surface area contributed by atoms with Crippen LogP contribution in [0.1, 0.15) is 18.9 Å². The lowest BCUT2D eigenvalue weighted by molar-refractivity contribution is -0.138. The van der Waals surface area contributed by atoms with Crippen molar-refractivity contribution in [3.05, 3.63) is 57.3 Å². The zero-order valence-corrected chi connectivity index (χ0v) is 16.2. The quantitative estimate of drug-likeness (QED) is 0.727. The lowest BCUT2D eigenvalue weighted by Gasteiger charge is -2.12. The van der Waals surface area contributed by atoms with Gasteiger partial charge in [0.05, 0.1) is 33.3 Å². The monoisotopic (exact) mass is 449 g/mol. The number of benzene rings is 2. The first-order chi connectivity index (χ1) is 13.3. The van der Waals surface area contributed by atoms with Crippen LogP contribution in [0.15, 0.2) is 45.1 Å². The highest BCUT2D eigenvalue weighted by Gasteiger charge is 2.34. The number of aliphatic carboxylic acids is 1. The van der Waals surface area contributed by atoms with E-state index in [1.807, 2.05) is 0 Å². The summed E-state index contributed by atoms with van der Waals surface area (Å²) < 4.78 is 79.4. The number of alkyl halides is 3. The number of hydrogen-bond acceptors (Lipinski definition) is 4. The van der Waals surface area contributed by atoms with Gasteiger partial charge in [-0.15, -0.1) is 0 Å². The fourth-order valence-corrected chi connectivity index (χ4v) is 5.22. The highest BCUT2D eigenvalue weighted by Crippen LogP contribution is 2.35. The molecule has 0 aromatic heterocycles. The molecule has 11 heteroatoms. The zero-order chi connectivity index (χ0) is 21.7. The Morgan fingerprint density at radius 1 is 1.24 bits per heavy atom. The van der Waals surface area contributed by atoms with Gasteiger partial charge in [-0.1, -0.05) is 11.6 Å². The van der Waals surface area contributed by atoms with Gasteiger partial charge in [0.15, 0.2) is 0 Å². The van der Waals surface area contributed by atoms with E-state index in [0.717, 1.165) is 6.07 Å². The number of fused-ring (bicyclic) bond motifs is 1. The summed E-state index contributed by atoms with van der Waals surface area (Å²) in [7, 11) is -4.73. The second-order valence-corrected chi connectivity index (χ2v) is 8.58. The third-order valence-electron chi connectivity index (χ3n) is 4.40. The van der Waals surface area contributed by atoms with Gasteiger partial charge in [0.1, 0.15) is 10.7 Å². The zero-order valence-electron chi connectivity index (χ0n) is 14.6. The second kappa shape index (κ2) is 7.10. The molecule has 1 unspecified atom stereocenters. The van der Waals surface area contributed by atoms with Gasteiger partial charge in [0, 0.05) is 5.22 Å². The number of halogens is 5. The molecule has 0 bridgehead atoms. The first kappa shape index (κ1) is 21.3. The molecule has 2 aromatic carbocycles. The number of hydrogen-bond donors (Lipinski definition) is 1. The molecule has 29 heavy (non-hydrogen) atoms. The van der Waals surface area contributed by atoms with Gasteiger partial charge in [-0.2, -0.15) is 13.2 Å². The molecule has 154 valence electrons. The summed E-state index contributed by atoms with van der Waals surface area (Å²) in [5.74, 6) is -2.46. The number of carboxylic acids is 1. The Morgan fingerprint density at radius 2 is 1.90 bits per heavy atom. The minimum absolute atomic E-state index is 0.0774. The topological polar surface area (TPSA) is 83.8 Å². The molecular weight excluding hydrogens is 438 g/mol. The first-order valence-electron chi connectivity index (χ1n) is 8.07. The Balaban J connectivity index is 2.34. The Morgan fingerprint density at radius 3 is 2.45 bits per heavy atom. The molecule has 0 amide bonds. The summed E-state index contributed by atoms with van der Waals surface area (Å²) >= 11 is 5.80. The predicted octanol–water partition coefficient (Wildman–Crippen LogP) is 2.98. The van der Waals surface area contributed by atoms with E-state index in [0.29, 0.717) is 18.2 Å². The van der Waals surface area contributed by atoms with Crippen molar-refractivity contribution >= 4 is 33.0 Å². The van der Waals surface area contributed by atoms with Gasteiger partial charge < -0.3 is 5.11 Å². The maximum absolute atomic E-state index is 14.7. The molecule has 0 radical (unpaired) electrons. The minimum Gasteiger partial charge on any atom is -0.481 e. The molecule has 2 aromatic rings. The van der Waals surface area contributed by atoms with Crippen molar-refractivity contribution < 1.29 is 35.9 Å². The fourth-order valence-electron chi connectivity index (χ4n) is 3.13. The van der Waals surface area contributed by atoms with Crippen LogP contribution >= 0.6 is 11.6 Å². The van der Waals surface area contributed by atoms with Gasteiger partial charge in [-0.3, -0.25) is 9.79 Å². The maximum atomic E-state index is 14.7. The van der Waals surface area contributed by atoms with E-state index >= 15 is 0 Å². The lowest BCUT2D eigenvalue weighted by atomic mass is 10.0. The Kier molecular flexibility index (Phi) is 5.20. The van der Waals surface area contributed by atoms with Gasteiger partial charge in [0.2, 0.25) is 9.84 Å². The normalized spacial score (nSPS) is 16.5. The van der Waals surface area contributed by atoms with E-state index in [1.54, 1.807) is 0 Å². The molecule has 0 saturated heterocycles. The molecule has 1 N–H and O–H groups in total. The molecule has 3 rings (SSSR count). The van der Waals surface area contributed by atoms with Crippen LogP contribution in [-0.4, -0.2) is 25.5 Å². The van der Waals surface area contributed by atoms with Crippen LogP contribution in [0.2, 0.25) is 5.02 Å². The lowest BCUT2D eigenvalue weighted by Crippen LogP contribution is -2.32. The van der Waals surface area contributed by atoms with E-state index in [2.05, 4.69) is 4.99 Å². The van der Waals surface area contributed by atoms with E-state index in [1.165, 1.54) is 13.0 Å². The third-order valence-corrected chi connectivity index (χ3v) is 6.70. The Bertz CT molecular complexity index is 1260. The van der Waals surface area contributed by atoms with Gasteiger partial charge in [-0.05, 0) is 42.8 Å². The summed E-state index contributed by atoms with van der Waals surface area (Å²) in [5.41, 5.74) is -1.09. The van der Waals surface area contributed by atoms with Crippen LogP contribution in [0.3, 0.4) is 0 Å². The van der Waals surface area contributed by atoms with Crippen LogP contribution in [0.4, 0.5) is 17.6 Å². The van der Waals surface area contributed by atoms with Crippen LogP contribution in [0.25, 0.3) is 5.57 Å². The Labute approximate surface area is 166 Å². The number of carboxylic acid groups (broad SMARTS) is 1. The van der Waals surface area contributed by atoms with Gasteiger partial charge in [0.25, 0.3) is 0 Å². The number of carbonyl (C=O) groups is 1. The van der Waals surface area contributed by atoms with Gasteiger partial charge >= 0.3 is 12.1 Å². The van der Waals surface area contributed by atoms with E-state index < -0.39 is 60.6 Å². The van der Waals surface area contributed by atoms with Crippen molar-refractivity contribution in [2.45, 2.75) is 35.4 Å². The molecule has 1 heterocycles. The van der Waals surface area contributed by atoms with Crippen molar-refractivity contribution in [2.75, 3.05) is 0 Å². The van der Waals surface area contributed by atoms with E-state index in [4.69, 9.17) is 16.7 Å². The van der Waals surface area contributed by atoms with E-state index in [9.17, 15) is 30.8 Å². The number of sulfone groups is 1. The summed E-state index contributed by atoms with van der Waals surface area (Å²) in [6, 6.07) is 2.96. The summed E-state index contributed by atoms with van der Waals surface area (Å²) in [5, 5.41) is 8.26. The van der Waals surface area contributed by atoms with Crippen LogP contribution in [0, 0.1) is 5.82 Å². The van der Waals surface area contributed by atoms with E-state index in [-0.39, 0.29) is 16.1 Å². The van der Waals surface area contributed by atoms with Crippen molar-refractivity contribution in [3.8, 4) is 0 Å². The molecule has 1 aliphatic rings. The standard InChI is InChI=1S/C18H12ClF4NO4S/c1-8-10(7-15(25)26)16-13(24-8)4-3-12(20)17(16)29(27,28)14-5-2-9(6-11(14)19)18(21,22)23/h2-6,8H,7H2,1H3,(H,25,26). The molecule has 1 aliphatic heterocycles. The molecule has 0 aliphatic carbocycles. The highest BCUT2D eigenvalue weighted by molar-refractivity contribution is 7.91. The van der Waals surface area contributed by atoms with Crippen LogP contribution < -0.4 is 10.6 Å². The van der Waals surface area contributed by atoms with Crippen molar-refractivity contribution in [2.24, 2.45) is 4.99 Å². The minimum atomic E-state index is -4.75. The first-order valence-corrected chi connectivity index (χ1v) is 9.93. The van der Waals surface area contributed by atoms with Crippen molar-refractivity contribution in [1.29, 1.82) is 0 Å². The van der Waals surface area contributed by atoms with Crippen molar-refractivity contribution in [1.82, 2.24) is 0 Å². The summed E-state index contributed by atoms with van der Waals surface area (Å²) in [4.78, 5) is 13.7. The summed E-state index contributed by atoms with van der Waals surface area (Å²) in [6.45, 7) is 1.53. The molecule has 0 fully saturated rings. The van der Waals surface area contributed by atoms with Gasteiger partial charge in [-0.25, -0.2) is 12.8 Å². The average molecular weight is 450 g/mol. The second-order valence-electron chi connectivity index (χ2n) is 6.32. The average Bonchev–Trinajstić information content (AvgIpc) is 2.88. The smallest absolute Gasteiger partial charge is 0.416 e. The molecule has 0 spiro atoms. The highest BCUT2D eigenvalue weighted by atomic mass is 35.5. The maximum Gasteiger partial charge on any atom is 0.416 e. The molecule has 1 atom stereocenters. The largest absolute Gasteiger partial charge is 0.481 e. The molecular formula is C18H12ClF4NO4S. The molecule has 5 nitrogen and oxygen atoms in total.